The van der Waals surface area contributed by atoms with Crippen LogP contribution < -0.4 is 4.90 Å². The van der Waals surface area contributed by atoms with Crippen molar-refractivity contribution in [1.82, 2.24) is 0 Å². The first-order valence-electron chi connectivity index (χ1n) is 7.43. The van der Waals surface area contributed by atoms with Crippen LogP contribution in [-0.2, 0) is 0 Å². The Labute approximate surface area is 135 Å². The number of aliphatic hydroxyl groups excluding tert-OH is 1. The molecular formula is C18H22BrNO. The molecule has 0 radical (unpaired) electrons. The van der Waals surface area contributed by atoms with Crippen molar-refractivity contribution in [1.29, 1.82) is 0 Å². The van der Waals surface area contributed by atoms with E-state index in [2.05, 4.69) is 58.1 Å². The summed E-state index contributed by atoms with van der Waals surface area (Å²) in [6, 6.07) is 16.5. The van der Waals surface area contributed by atoms with Crippen molar-refractivity contribution in [3.8, 4) is 0 Å². The van der Waals surface area contributed by atoms with Crippen LogP contribution in [-0.4, -0.2) is 11.7 Å². The fraction of sp³-hybridized carbons (Fsp3) is 0.333. The standard InChI is InChI=1S/C18H22BrNO/c1-3-4-12-20(16-8-6-5-7-9-16)18-11-10-15(14(2)21)13-17(18)19/h5-11,13-14,21H,3-4,12H2,1-2H3. The van der Waals surface area contributed by atoms with Gasteiger partial charge in [-0.25, -0.2) is 0 Å². The monoisotopic (exact) mass is 347 g/mol. The van der Waals surface area contributed by atoms with Crippen molar-refractivity contribution in [3.63, 3.8) is 0 Å². The van der Waals surface area contributed by atoms with Gasteiger partial charge in [0.1, 0.15) is 0 Å². The molecule has 21 heavy (non-hydrogen) atoms. The maximum absolute atomic E-state index is 9.70. The lowest BCUT2D eigenvalue weighted by Gasteiger charge is -2.26. The number of hydrogen-bond acceptors (Lipinski definition) is 2. The van der Waals surface area contributed by atoms with E-state index in [9.17, 15) is 5.11 Å². The molecule has 2 rings (SSSR count). The summed E-state index contributed by atoms with van der Waals surface area (Å²) in [6.07, 6.45) is 1.85. The third kappa shape index (κ3) is 4.08. The normalized spacial score (nSPS) is 12.2. The summed E-state index contributed by atoms with van der Waals surface area (Å²) >= 11 is 3.65. The molecule has 2 aromatic carbocycles. The molecule has 1 N–H and O–H groups in total. The van der Waals surface area contributed by atoms with Gasteiger partial charge in [-0.2, -0.15) is 0 Å². The summed E-state index contributed by atoms with van der Waals surface area (Å²) in [7, 11) is 0. The van der Waals surface area contributed by atoms with Crippen molar-refractivity contribution >= 4 is 27.3 Å². The second-order valence-electron chi connectivity index (χ2n) is 5.23. The molecular weight excluding hydrogens is 326 g/mol. The van der Waals surface area contributed by atoms with Crippen LogP contribution in [0, 0.1) is 0 Å². The zero-order valence-corrected chi connectivity index (χ0v) is 14.2. The van der Waals surface area contributed by atoms with E-state index in [1.807, 2.05) is 18.2 Å². The Hall–Kier alpha value is -1.32. The largest absolute Gasteiger partial charge is 0.389 e. The summed E-state index contributed by atoms with van der Waals surface area (Å²) in [5, 5.41) is 9.70. The number of anilines is 2. The number of benzene rings is 2. The van der Waals surface area contributed by atoms with Gasteiger partial charge in [-0.15, -0.1) is 0 Å². The van der Waals surface area contributed by atoms with E-state index >= 15 is 0 Å². The number of unbranched alkanes of at least 4 members (excludes halogenated alkanes) is 1. The Morgan fingerprint density at radius 1 is 1.14 bits per heavy atom. The Bertz CT molecular complexity index is 569. The minimum Gasteiger partial charge on any atom is -0.389 e. The highest BCUT2D eigenvalue weighted by molar-refractivity contribution is 9.10. The van der Waals surface area contributed by atoms with Crippen LogP contribution >= 0.6 is 15.9 Å². The Balaban J connectivity index is 2.37. The van der Waals surface area contributed by atoms with Gasteiger partial charge in [0.2, 0.25) is 0 Å². The quantitative estimate of drug-likeness (QED) is 0.751. The number of rotatable bonds is 6. The average molecular weight is 348 g/mol. The van der Waals surface area contributed by atoms with Gasteiger partial charge in [0.05, 0.1) is 11.8 Å². The molecule has 0 aliphatic rings. The molecule has 3 heteroatoms. The zero-order chi connectivity index (χ0) is 15.2. The minimum absolute atomic E-state index is 0.448. The van der Waals surface area contributed by atoms with Gasteiger partial charge < -0.3 is 10.0 Å². The molecule has 0 fully saturated rings. The second-order valence-corrected chi connectivity index (χ2v) is 6.08. The zero-order valence-electron chi connectivity index (χ0n) is 12.6. The highest BCUT2D eigenvalue weighted by Crippen LogP contribution is 2.34. The van der Waals surface area contributed by atoms with E-state index in [0.29, 0.717) is 0 Å². The van der Waals surface area contributed by atoms with Crippen LogP contribution in [0.25, 0.3) is 0 Å². The number of hydrogen-bond donors (Lipinski definition) is 1. The molecule has 0 aromatic heterocycles. The third-order valence-electron chi connectivity index (χ3n) is 3.55. The first-order chi connectivity index (χ1) is 10.1. The molecule has 0 heterocycles. The molecule has 0 saturated heterocycles. The lowest BCUT2D eigenvalue weighted by Crippen LogP contribution is -2.18. The molecule has 0 aliphatic heterocycles. The van der Waals surface area contributed by atoms with Gasteiger partial charge in [-0.3, -0.25) is 0 Å². The Kier molecular flexibility index (Phi) is 5.83. The van der Waals surface area contributed by atoms with E-state index in [1.54, 1.807) is 6.92 Å². The molecule has 0 saturated carbocycles. The molecule has 1 atom stereocenters. The number of nitrogens with zero attached hydrogens (tertiary/aromatic N) is 1. The van der Waals surface area contributed by atoms with Crippen molar-refractivity contribution in [2.24, 2.45) is 0 Å². The van der Waals surface area contributed by atoms with Crippen molar-refractivity contribution in [3.05, 3.63) is 58.6 Å². The maximum Gasteiger partial charge on any atom is 0.0762 e. The predicted molar refractivity (Wildman–Crippen MR) is 93.1 cm³/mol. The molecule has 0 spiro atoms. The SMILES string of the molecule is CCCCN(c1ccccc1)c1ccc(C(C)O)cc1Br. The van der Waals surface area contributed by atoms with Crippen LogP contribution in [0.1, 0.15) is 38.4 Å². The summed E-state index contributed by atoms with van der Waals surface area (Å²) < 4.78 is 1.01. The highest BCUT2D eigenvalue weighted by Gasteiger charge is 2.13. The van der Waals surface area contributed by atoms with Crippen LogP contribution in [0.4, 0.5) is 11.4 Å². The Morgan fingerprint density at radius 2 is 1.86 bits per heavy atom. The molecule has 2 aromatic rings. The lowest BCUT2D eigenvalue weighted by molar-refractivity contribution is 0.199. The van der Waals surface area contributed by atoms with Crippen molar-refractivity contribution in [2.75, 3.05) is 11.4 Å². The molecule has 0 aliphatic carbocycles. The van der Waals surface area contributed by atoms with E-state index in [1.165, 1.54) is 5.69 Å². The number of halogens is 1. The van der Waals surface area contributed by atoms with Crippen molar-refractivity contribution < 1.29 is 5.11 Å². The van der Waals surface area contributed by atoms with Crippen molar-refractivity contribution in [2.45, 2.75) is 32.8 Å². The first-order valence-corrected chi connectivity index (χ1v) is 8.23. The molecule has 112 valence electrons. The van der Waals surface area contributed by atoms with E-state index in [0.717, 1.165) is 35.1 Å². The molecule has 1 unspecified atom stereocenters. The summed E-state index contributed by atoms with van der Waals surface area (Å²) in [5.41, 5.74) is 3.25. The van der Waals surface area contributed by atoms with Crippen LogP contribution in [0.5, 0.6) is 0 Å². The van der Waals surface area contributed by atoms with Crippen LogP contribution in [0.15, 0.2) is 53.0 Å². The fourth-order valence-corrected chi connectivity index (χ4v) is 2.93. The van der Waals surface area contributed by atoms with Gasteiger partial charge in [0, 0.05) is 16.7 Å². The topological polar surface area (TPSA) is 23.5 Å². The average Bonchev–Trinajstić information content (AvgIpc) is 2.50. The van der Waals surface area contributed by atoms with Gasteiger partial charge in [0.25, 0.3) is 0 Å². The minimum atomic E-state index is -0.448. The highest BCUT2D eigenvalue weighted by atomic mass is 79.9. The third-order valence-corrected chi connectivity index (χ3v) is 4.18. The van der Waals surface area contributed by atoms with Crippen LogP contribution in [0.2, 0.25) is 0 Å². The predicted octanol–water partition coefficient (Wildman–Crippen LogP) is 5.44. The molecule has 0 amide bonds. The molecule has 0 bridgehead atoms. The number of para-hydroxylation sites is 1. The van der Waals surface area contributed by atoms with Gasteiger partial charge in [0.15, 0.2) is 0 Å². The number of aliphatic hydroxyl groups is 1. The van der Waals surface area contributed by atoms with E-state index in [4.69, 9.17) is 0 Å². The molecule has 2 nitrogen and oxygen atoms in total. The smallest absolute Gasteiger partial charge is 0.0762 e. The van der Waals surface area contributed by atoms with Gasteiger partial charge >= 0.3 is 0 Å². The summed E-state index contributed by atoms with van der Waals surface area (Å²) in [6.45, 7) is 4.97. The summed E-state index contributed by atoms with van der Waals surface area (Å²) in [5.74, 6) is 0. The first kappa shape index (κ1) is 16.1. The lowest BCUT2D eigenvalue weighted by atomic mass is 10.1. The maximum atomic E-state index is 9.70. The fourth-order valence-electron chi connectivity index (χ4n) is 2.31. The van der Waals surface area contributed by atoms with E-state index in [-0.39, 0.29) is 0 Å². The van der Waals surface area contributed by atoms with E-state index < -0.39 is 6.10 Å². The second kappa shape index (κ2) is 7.62. The Morgan fingerprint density at radius 3 is 2.43 bits per heavy atom. The van der Waals surface area contributed by atoms with Gasteiger partial charge in [-0.05, 0) is 59.1 Å². The summed E-state index contributed by atoms with van der Waals surface area (Å²) in [4.78, 5) is 2.32. The van der Waals surface area contributed by atoms with Gasteiger partial charge in [-0.1, -0.05) is 37.6 Å². The van der Waals surface area contributed by atoms with Crippen LogP contribution in [0.3, 0.4) is 0 Å².